The minimum Gasteiger partial charge on any atom is -0.441 e. The van der Waals surface area contributed by atoms with E-state index in [2.05, 4.69) is 15.9 Å². The summed E-state index contributed by atoms with van der Waals surface area (Å²) in [7, 11) is 0. The van der Waals surface area contributed by atoms with E-state index < -0.39 is 24.0 Å². The molecule has 0 spiro atoms. The molecule has 4 amide bonds. The van der Waals surface area contributed by atoms with Crippen molar-refractivity contribution >= 4 is 68.7 Å². The standard InChI is InChI=1S/C14H15NO4.C12H12BrNO2.CH2Cl2/c1-8(2)14(19-9(3)16)15-12(17)10-6-4-5-7-11(10)13(15)18;1-7(2)10(13)14-11(15)8-5-3-4-6-9(8)12(14)16;2-1-3/h4-8,14H,1-3H3;3-7,10H,1-2H3;1H2. The van der Waals surface area contributed by atoms with E-state index >= 15 is 0 Å². The highest BCUT2D eigenvalue weighted by molar-refractivity contribution is 9.09. The minimum absolute atomic E-state index is 0.175. The zero-order chi connectivity index (χ0) is 28.7. The van der Waals surface area contributed by atoms with Gasteiger partial charge in [0.2, 0.25) is 0 Å². The van der Waals surface area contributed by atoms with Crippen molar-refractivity contribution in [2.75, 3.05) is 5.34 Å². The highest BCUT2D eigenvalue weighted by atomic mass is 79.9. The van der Waals surface area contributed by atoms with Gasteiger partial charge in [0.1, 0.15) is 0 Å². The molecule has 204 valence electrons. The normalized spacial score (nSPS) is 15.4. The van der Waals surface area contributed by atoms with Crippen LogP contribution in [-0.4, -0.2) is 55.9 Å². The van der Waals surface area contributed by atoms with Crippen LogP contribution < -0.4 is 0 Å². The van der Waals surface area contributed by atoms with Crippen molar-refractivity contribution in [1.29, 1.82) is 0 Å². The fourth-order valence-corrected chi connectivity index (χ4v) is 4.20. The molecule has 2 aliphatic heterocycles. The van der Waals surface area contributed by atoms with E-state index in [4.69, 9.17) is 27.9 Å². The van der Waals surface area contributed by atoms with Crippen molar-refractivity contribution in [3.63, 3.8) is 0 Å². The predicted molar refractivity (Wildman–Crippen MR) is 148 cm³/mol. The van der Waals surface area contributed by atoms with E-state index in [1.54, 1.807) is 62.4 Å². The summed E-state index contributed by atoms with van der Waals surface area (Å²) < 4.78 is 5.11. The van der Waals surface area contributed by atoms with Gasteiger partial charge < -0.3 is 4.74 Å². The molecule has 11 heteroatoms. The molecular weight excluding hydrogens is 599 g/mol. The van der Waals surface area contributed by atoms with Crippen LogP contribution in [0.15, 0.2) is 48.5 Å². The molecule has 2 aliphatic rings. The Balaban J connectivity index is 0.000000245. The van der Waals surface area contributed by atoms with Crippen molar-refractivity contribution < 1.29 is 28.7 Å². The molecule has 2 unspecified atom stereocenters. The second-order valence-corrected chi connectivity index (χ2v) is 10.8. The van der Waals surface area contributed by atoms with Crippen molar-refractivity contribution in [2.24, 2.45) is 11.8 Å². The third kappa shape index (κ3) is 6.81. The monoisotopic (exact) mass is 626 g/mol. The average molecular weight is 628 g/mol. The first-order valence-corrected chi connectivity index (χ1v) is 13.7. The Morgan fingerprint density at radius 2 is 1.05 bits per heavy atom. The number of esters is 1. The molecule has 2 aromatic rings. The number of imide groups is 2. The molecule has 4 rings (SSSR count). The first kappa shape index (κ1) is 31.5. The Morgan fingerprint density at radius 1 is 0.737 bits per heavy atom. The maximum Gasteiger partial charge on any atom is 0.304 e. The third-order valence-electron chi connectivity index (χ3n) is 5.56. The summed E-state index contributed by atoms with van der Waals surface area (Å²) in [6.07, 6.45) is -0.870. The van der Waals surface area contributed by atoms with Crippen LogP contribution in [-0.2, 0) is 9.53 Å². The van der Waals surface area contributed by atoms with Gasteiger partial charge in [0, 0.05) is 12.8 Å². The van der Waals surface area contributed by atoms with Gasteiger partial charge in [-0.25, -0.2) is 4.90 Å². The number of hydrogen-bond donors (Lipinski definition) is 0. The van der Waals surface area contributed by atoms with Crippen LogP contribution in [0.25, 0.3) is 0 Å². The van der Waals surface area contributed by atoms with Crippen molar-refractivity contribution in [3.8, 4) is 0 Å². The Kier molecular flexibility index (Phi) is 11.5. The van der Waals surface area contributed by atoms with Gasteiger partial charge in [-0.05, 0) is 30.2 Å². The summed E-state index contributed by atoms with van der Waals surface area (Å²) in [5.74, 6) is -1.77. The number of alkyl halides is 3. The molecule has 0 bridgehead atoms. The highest BCUT2D eigenvalue weighted by Crippen LogP contribution is 2.29. The summed E-state index contributed by atoms with van der Waals surface area (Å²) in [5, 5.41) is 0.194. The van der Waals surface area contributed by atoms with Crippen molar-refractivity contribution in [2.45, 2.75) is 45.8 Å². The number of carbonyl (C=O) groups is 5. The number of benzene rings is 2. The van der Waals surface area contributed by atoms with Gasteiger partial charge in [-0.3, -0.25) is 28.9 Å². The largest absolute Gasteiger partial charge is 0.441 e. The second-order valence-electron chi connectivity index (χ2n) is 9.01. The molecule has 8 nitrogen and oxygen atoms in total. The minimum atomic E-state index is -0.870. The van der Waals surface area contributed by atoms with E-state index in [0.29, 0.717) is 22.3 Å². The van der Waals surface area contributed by atoms with Gasteiger partial charge in [-0.1, -0.05) is 67.9 Å². The Hall–Kier alpha value is -2.75. The number of amides is 4. The molecular formula is C27H29BrCl2N2O6. The highest BCUT2D eigenvalue weighted by Gasteiger charge is 2.42. The van der Waals surface area contributed by atoms with Crippen LogP contribution in [0.2, 0.25) is 0 Å². The number of hydrogen-bond acceptors (Lipinski definition) is 6. The fourth-order valence-electron chi connectivity index (χ4n) is 3.83. The molecule has 2 heterocycles. The van der Waals surface area contributed by atoms with Gasteiger partial charge in [-0.15, -0.1) is 23.2 Å². The molecule has 2 aromatic carbocycles. The first-order valence-electron chi connectivity index (χ1n) is 11.8. The Bertz CT molecular complexity index is 1150. The van der Waals surface area contributed by atoms with Gasteiger partial charge in [0.25, 0.3) is 23.6 Å². The SMILES string of the molecule is CC(=O)OC(C(C)C)N1C(=O)c2ccccc2C1=O.CC(C)C(Br)N1C(=O)c2ccccc2C1=O.ClCCl. The van der Waals surface area contributed by atoms with Crippen LogP contribution >= 0.6 is 39.1 Å². The van der Waals surface area contributed by atoms with E-state index in [-0.39, 0.29) is 33.9 Å². The summed E-state index contributed by atoms with van der Waals surface area (Å²) in [5.41, 5.74) is 1.70. The van der Waals surface area contributed by atoms with Crippen LogP contribution in [0, 0.1) is 11.8 Å². The zero-order valence-corrected chi connectivity index (χ0v) is 24.7. The Labute approximate surface area is 240 Å². The second kappa shape index (κ2) is 13.9. The molecule has 2 atom stereocenters. The summed E-state index contributed by atoms with van der Waals surface area (Å²) in [6.45, 7) is 8.76. The number of nitrogens with zero attached hydrogens (tertiary/aromatic N) is 2. The maximum atomic E-state index is 12.2. The molecule has 0 N–H and O–H groups in total. The van der Waals surface area contributed by atoms with Crippen molar-refractivity contribution in [1.82, 2.24) is 9.80 Å². The van der Waals surface area contributed by atoms with Crippen LogP contribution in [0.4, 0.5) is 0 Å². The lowest BCUT2D eigenvalue weighted by Gasteiger charge is -2.28. The fraction of sp³-hybridized carbons (Fsp3) is 0.370. The smallest absolute Gasteiger partial charge is 0.304 e. The third-order valence-corrected chi connectivity index (χ3v) is 7.03. The number of fused-ring (bicyclic) bond motifs is 2. The summed E-state index contributed by atoms with van der Waals surface area (Å²) in [4.78, 5) is 61.7. The van der Waals surface area contributed by atoms with Crippen LogP contribution in [0.1, 0.15) is 76.1 Å². The lowest BCUT2D eigenvalue weighted by molar-refractivity contribution is -0.155. The molecule has 0 radical (unpaired) electrons. The molecule has 0 aromatic heterocycles. The number of carbonyl (C=O) groups excluding carboxylic acids is 5. The summed E-state index contributed by atoms with van der Waals surface area (Å²) >= 11 is 12.9. The zero-order valence-electron chi connectivity index (χ0n) is 21.6. The van der Waals surface area contributed by atoms with Crippen molar-refractivity contribution in [3.05, 3.63) is 70.8 Å². The molecule has 0 saturated carbocycles. The predicted octanol–water partition coefficient (Wildman–Crippen LogP) is 5.91. The summed E-state index contributed by atoms with van der Waals surface area (Å²) in [6, 6.07) is 13.5. The molecule has 0 aliphatic carbocycles. The molecule has 38 heavy (non-hydrogen) atoms. The lowest BCUT2D eigenvalue weighted by atomic mass is 10.1. The van der Waals surface area contributed by atoms with Gasteiger partial charge in [0.15, 0.2) is 6.23 Å². The van der Waals surface area contributed by atoms with Gasteiger partial charge in [0.05, 0.1) is 32.5 Å². The quantitative estimate of drug-likeness (QED) is 0.177. The van der Waals surface area contributed by atoms with E-state index in [1.807, 2.05) is 13.8 Å². The molecule has 0 fully saturated rings. The number of rotatable bonds is 5. The number of ether oxygens (including phenoxy) is 1. The Morgan fingerprint density at radius 3 is 1.32 bits per heavy atom. The van der Waals surface area contributed by atoms with E-state index in [1.165, 1.54) is 11.8 Å². The lowest BCUT2D eigenvalue weighted by Crippen LogP contribution is -2.45. The van der Waals surface area contributed by atoms with Gasteiger partial charge >= 0.3 is 5.97 Å². The topological polar surface area (TPSA) is 101 Å². The maximum absolute atomic E-state index is 12.2. The molecule has 0 saturated heterocycles. The first-order chi connectivity index (χ1) is 17.9. The average Bonchev–Trinajstić information content (AvgIpc) is 3.27. The van der Waals surface area contributed by atoms with E-state index in [0.717, 1.165) is 4.90 Å². The van der Waals surface area contributed by atoms with E-state index in [9.17, 15) is 24.0 Å². The van der Waals surface area contributed by atoms with Gasteiger partial charge in [-0.2, -0.15) is 0 Å². The van der Waals surface area contributed by atoms with Crippen LogP contribution in [0.5, 0.6) is 0 Å². The number of halogens is 3. The van der Waals surface area contributed by atoms with Crippen LogP contribution in [0.3, 0.4) is 0 Å².